The maximum atomic E-state index is 3.61. The Morgan fingerprint density at radius 3 is 2.71 bits per heavy atom. The van der Waals surface area contributed by atoms with Crippen LogP contribution in [-0.2, 0) is 0 Å². The van der Waals surface area contributed by atoms with E-state index in [4.69, 9.17) is 0 Å². The molecule has 0 aromatic heterocycles. The summed E-state index contributed by atoms with van der Waals surface area (Å²) in [6.07, 6.45) is 6.29. The predicted octanol–water partition coefficient (Wildman–Crippen LogP) is 2.59. The van der Waals surface area contributed by atoms with E-state index < -0.39 is 0 Å². The number of hydrogen-bond acceptors (Lipinski definition) is 1. The fourth-order valence-electron chi connectivity index (χ4n) is 2.59. The van der Waals surface area contributed by atoms with E-state index in [1.807, 2.05) is 0 Å². The number of fused-ring (bicyclic) bond motifs is 2. The van der Waals surface area contributed by atoms with Crippen LogP contribution in [0.15, 0.2) is 36.4 Å². The van der Waals surface area contributed by atoms with Crippen LogP contribution >= 0.6 is 0 Å². The molecular weight excluding hydrogens is 170 g/mol. The molecule has 1 saturated heterocycles. The molecule has 14 heavy (non-hydrogen) atoms. The zero-order chi connectivity index (χ0) is 9.38. The zero-order valence-corrected chi connectivity index (χ0v) is 8.24. The molecule has 0 radical (unpaired) electrons. The highest BCUT2D eigenvalue weighted by molar-refractivity contribution is 5.67. The molecule has 1 heteroatoms. The van der Waals surface area contributed by atoms with Gasteiger partial charge in [0.15, 0.2) is 0 Å². The van der Waals surface area contributed by atoms with Crippen molar-refractivity contribution in [2.45, 2.75) is 31.3 Å². The van der Waals surface area contributed by atoms with Gasteiger partial charge in [0, 0.05) is 12.1 Å². The van der Waals surface area contributed by atoms with Crippen LogP contribution in [0.2, 0.25) is 0 Å². The standard InChI is InChI=1S/C13H15N/c1-2-4-10(5-3-1)11-8-12-6-7-13(9-11)14-12/h1-5,8,12-14H,6-7,9H2/t12-,13-/m0/s1. The Morgan fingerprint density at radius 1 is 1.07 bits per heavy atom. The third kappa shape index (κ3) is 1.38. The molecule has 2 aliphatic heterocycles. The van der Waals surface area contributed by atoms with Crippen LogP contribution < -0.4 is 5.32 Å². The molecule has 0 spiro atoms. The average molecular weight is 185 g/mol. The van der Waals surface area contributed by atoms with Gasteiger partial charge in [0.25, 0.3) is 0 Å². The minimum atomic E-state index is 0.643. The Kier molecular flexibility index (Phi) is 1.91. The second-order valence-corrected chi connectivity index (χ2v) is 4.31. The van der Waals surface area contributed by atoms with Crippen LogP contribution in [-0.4, -0.2) is 12.1 Å². The molecule has 1 aromatic carbocycles. The van der Waals surface area contributed by atoms with E-state index >= 15 is 0 Å². The summed E-state index contributed by atoms with van der Waals surface area (Å²) in [7, 11) is 0. The highest BCUT2D eigenvalue weighted by atomic mass is 15.0. The maximum Gasteiger partial charge on any atom is 0.0259 e. The molecule has 2 atom stereocenters. The summed E-state index contributed by atoms with van der Waals surface area (Å²) in [4.78, 5) is 0. The number of hydrogen-bond donors (Lipinski definition) is 1. The topological polar surface area (TPSA) is 12.0 Å². The summed E-state index contributed by atoms with van der Waals surface area (Å²) < 4.78 is 0. The van der Waals surface area contributed by atoms with Crippen LogP contribution in [0.5, 0.6) is 0 Å². The van der Waals surface area contributed by atoms with E-state index in [1.165, 1.54) is 30.4 Å². The third-order valence-electron chi connectivity index (χ3n) is 3.29. The summed E-state index contributed by atoms with van der Waals surface area (Å²) in [6, 6.07) is 12.1. The molecule has 0 unspecified atom stereocenters. The lowest BCUT2D eigenvalue weighted by Gasteiger charge is -2.21. The molecule has 2 aliphatic rings. The van der Waals surface area contributed by atoms with Gasteiger partial charge in [0.05, 0.1) is 0 Å². The van der Waals surface area contributed by atoms with Gasteiger partial charge in [-0.15, -0.1) is 0 Å². The molecule has 0 aliphatic carbocycles. The monoisotopic (exact) mass is 185 g/mol. The molecule has 72 valence electrons. The second kappa shape index (κ2) is 3.25. The van der Waals surface area contributed by atoms with Crippen LogP contribution in [0.3, 0.4) is 0 Å². The highest BCUT2D eigenvalue weighted by Gasteiger charge is 2.27. The Labute approximate surface area is 84.8 Å². The van der Waals surface area contributed by atoms with Crippen molar-refractivity contribution in [2.75, 3.05) is 0 Å². The van der Waals surface area contributed by atoms with Crippen molar-refractivity contribution in [3.63, 3.8) is 0 Å². The Balaban J connectivity index is 1.93. The van der Waals surface area contributed by atoms with Gasteiger partial charge in [-0.05, 0) is 30.4 Å². The van der Waals surface area contributed by atoms with Crippen molar-refractivity contribution >= 4 is 5.57 Å². The highest BCUT2D eigenvalue weighted by Crippen LogP contribution is 2.31. The Bertz CT molecular complexity index is 353. The van der Waals surface area contributed by atoms with E-state index in [9.17, 15) is 0 Å². The fourth-order valence-corrected chi connectivity index (χ4v) is 2.59. The first kappa shape index (κ1) is 8.25. The Morgan fingerprint density at radius 2 is 1.93 bits per heavy atom. The summed E-state index contributed by atoms with van der Waals surface area (Å²) in [5, 5.41) is 3.61. The summed E-state index contributed by atoms with van der Waals surface area (Å²) in [5.74, 6) is 0. The molecule has 1 aromatic rings. The molecular formula is C13H15N. The van der Waals surface area contributed by atoms with Gasteiger partial charge in [-0.3, -0.25) is 0 Å². The first-order valence-corrected chi connectivity index (χ1v) is 5.44. The molecule has 1 N–H and O–H groups in total. The van der Waals surface area contributed by atoms with Crippen LogP contribution in [0.25, 0.3) is 5.57 Å². The van der Waals surface area contributed by atoms with Gasteiger partial charge in [-0.1, -0.05) is 36.4 Å². The molecule has 2 bridgehead atoms. The molecule has 2 heterocycles. The van der Waals surface area contributed by atoms with E-state index in [0.717, 1.165) is 6.04 Å². The third-order valence-corrected chi connectivity index (χ3v) is 3.29. The van der Waals surface area contributed by atoms with Gasteiger partial charge in [0.2, 0.25) is 0 Å². The van der Waals surface area contributed by atoms with Gasteiger partial charge < -0.3 is 5.32 Å². The predicted molar refractivity (Wildman–Crippen MR) is 59.0 cm³/mol. The second-order valence-electron chi connectivity index (χ2n) is 4.31. The largest absolute Gasteiger partial charge is 0.307 e. The quantitative estimate of drug-likeness (QED) is 0.709. The average Bonchev–Trinajstić information content (AvgIpc) is 2.59. The first-order chi connectivity index (χ1) is 6.92. The Hall–Kier alpha value is -1.08. The lowest BCUT2D eigenvalue weighted by Crippen LogP contribution is -2.31. The lowest BCUT2D eigenvalue weighted by molar-refractivity contribution is 0.575. The normalized spacial score (nSPS) is 30.1. The summed E-state index contributed by atoms with van der Waals surface area (Å²) >= 11 is 0. The van der Waals surface area contributed by atoms with E-state index in [0.29, 0.717) is 6.04 Å². The van der Waals surface area contributed by atoms with Gasteiger partial charge >= 0.3 is 0 Å². The molecule has 0 saturated carbocycles. The molecule has 3 rings (SSSR count). The van der Waals surface area contributed by atoms with Gasteiger partial charge in [0.1, 0.15) is 0 Å². The summed E-state index contributed by atoms with van der Waals surface area (Å²) in [5.41, 5.74) is 2.95. The lowest BCUT2D eigenvalue weighted by atomic mass is 9.96. The number of rotatable bonds is 1. The van der Waals surface area contributed by atoms with Crippen molar-refractivity contribution < 1.29 is 0 Å². The van der Waals surface area contributed by atoms with Crippen LogP contribution in [0.4, 0.5) is 0 Å². The molecule has 0 amide bonds. The SMILES string of the molecule is C1=C(c2ccccc2)C[C@@H]2CC[C@@H]1N2. The van der Waals surface area contributed by atoms with Crippen molar-refractivity contribution in [2.24, 2.45) is 0 Å². The van der Waals surface area contributed by atoms with Crippen LogP contribution in [0.1, 0.15) is 24.8 Å². The van der Waals surface area contributed by atoms with E-state index in [-0.39, 0.29) is 0 Å². The van der Waals surface area contributed by atoms with Crippen molar-refractivity contribution in [1.29, 1.82) is 0 Å². The smallest absolute Gasteiger partial charge is 0.0259 e. The fraction of sp³-hybridized carbons (Fsp3) is 0.385. The summed E-state index contributed by atoms with van der Waals surface area (Å²) in [6.45, 7) is 0. The first-order valence-electron chi connectivity index (χ1n) is 5.44. The van der Waals surface area contributed by atoms with Crippen molar-refractivity contribution in [3.05, 3.63) is 42.0 Å². The number of benzene rings is 1. The minimum absolute atomic E-state index is 0.643. The molecule has 1 nitrogen and oxygen atoms in total. The van der Waals surface area contributed by atoms with Crippen molar-refractivity contribution in [1.82, 2.24) is 5.32 Å². The van der Waals surface area contributed by atoms with Crippen LogP contribution in [0, 0.1) is 0 Å². The van der Waals surface area contributed by atoms with E-state index in [2.05, 4.69) is 41.7 Å². The zero-order valence-electron chi connectivity index (χ0n) is 8.24. The van der Waals surface area contributed by atoms with Gasteiger partial charge in [-0.2, -0.15) is 0 Å². The number of nitrogens with one attached hydrogen (secondary N) is 1. The maximum absolute atomic E-state index is 3.61. The minimum Gasteiger partial charge on any atom is -0.307 e. The van der Waals surface area contributed by atoms with E-state index in [1.54, 1.807) is 0 Å². The van der Waals surface area contributed by atoms with Gasteiger partial charge in [-0.25, -0.2) is 0 Å². The van der Waals surface area contributed by atoms with Crippen molar-refractivity contribution in [3.8, 4) is 0 Å². The molecule has 1 fully saturated rings.